The number of nitrogens with zero attached hydrogens (tertiary/aromatic N) is 2. The fraction of sp³-hybridized carbons (Fsp3) is 0.429. The summed E-state index contributed by atoms with van der Waals surface area (Å²) in [5.74, 6) is 0.148. The first-order valence-electron chi connectivity index (χ1n) is 9.25. The van der Waals surface area contributed by atoms with Gasteiger partial charge in [-0.05, 0) is 57.9 Å². The predicted molar refractivity (Wildman–Crippen MR) is 103 cm³/mol. The molecule has 1 saturated heterocycles. The lowest BCUT2D eigenvalue weighted by Gasteiger charge is -2.38. The monoisotopic (exact) mass is 370 g/mol. The number of rotatable bonds is 3. The van der Waals surface area contributed by atoms with Gasteiger partial charge in [0.15, 0.2) is 5.76 Å². The number of amides is 2. The maximum Gasteiger partial charge on any atom is 0.410 e. The lowest BCUT2D eigenvalue weighted by atomic mass is 10.0. The average Bonchev–Trinajstić information content (AvgIpc) is 3.16. The van der Waals surface area contributed by atoms with Crippen molar-refractivity contribution in [1.29, 1.82) is 0 Å². The lowest BCUT2D eigenvalue weighted by molar-refractivity contribution is 0.0205. The molecule has 2 amide bonds. The van der Waals surface area contributed by atoms with Gasteiger partial charge in [-0.3, -0.25) is 4.79 Å². The number of anilines is 1. The summed E-state index contributed by atoms with van der Waals surface area (Å²) in [6.45, 7) is 6.67. The van der Waals surface area contributed by atoms with Gasteiger partial charge in [0.2, 0.25) is 0 Å². The normalized spacial score (nSPS) is 15.4. The topological polar surface area (TPSA) is 63.0 Å². The second-order valence-corrected chi connectivity index (χ2v) is 7.69. The maximum absolute atomic E-state index is 13.0. The van der Waals surface area contributed by atoms with Crippen LogP contribution in [0.3, 0.4) is 0 Å². The molecule has 0 saturated carbocycles. The molecule has 1 aliphatic heterocycles. The lowest BCUT2D eigenvalue weighted by Crippen LogP contribution is -2.49. The minimum absolute atomic E-state index is 0.0105. The molecule has 1 fully saturated rings. The zero-order valence-corrected chi connectivity index (χ0v) is 16.1. The highest BCUT2D eigenvalue weighted by molar-refractivity contribution is 6.04. The number of furan rings is 1. The molecule has 3 rings (SSSR count). The molecule has 0 spiro atoms. The molecule has 0 N–H and O–H groups in total. The van der Waals surface area contributed by atoms with Crippen LogP contribution >= 0.6 is 0 Å². The zero-order valence-electron chi connectivity index (χ0n) is 16.1. The van der Waals surface area contributed by atoms with Gasteiger partial charge in [-0.15, -0.1) is 0 Å². The Hall–Kier alpha value is -2.76. The third kappa shape index (κ3) is 4.70. The average molecular weight is 370 g/mol. The Balaban J connectivity index is 1.74. The summed E-state index contributed by atoms with van der Waals surface area (Å²) in [7, 11) is 0. The molecule has 144 valence electrons. The number of benzene rings is 1. The Morgan fingerprint density at radius 2 is 1.74 bits per heavy atom. The highest BCUT2D eigenvalue weighted by atomic mass is 16.6. The second kappa shape index (κ2) is 7.86. The molecule has 27 heavy (non-hydrogen) atoms. The van der Waals surface area contributed by atoms with Gasteiger partial charge in [-0.1, -0.05) is 18.2 Å². The molecule has 6 heteroatoms. The SMILES string of the molecule is CC(C)(C)OC(=O)N1CCC(N(C(=O)c2ccco2)c2ccccc2)CC1. The van der Waals surface area contributed by atoms with Crippen LogP contribution in [0.4, 0.5) is 10.5 Å². The highest BCUT2D eigenvalue weighted by Crippen LogP contribution is 2.26. The van der Waals surface area contributed by atoms with Gasteiger partial charge >= 0.3 is 6.09 Å². The van der Waals surface area contributed by atoms with Crippen molar-refractivity contribution in [2.45, 2.75) is 45.3 Å². The van der Waals surface area contributed by atoms with Gasteiger partial charge < -0.3 is 19.0 Å². The van der Waals surface area contributed by atoms with E-state index < -0.39 is 5.60 Å². The van der Waals surface area contributed by atoms with Crippen LogP contribution in [0.5, 0.6) is 0 Å². The Bertz CT molecular complexity index is 757. The Kier molecular flexibility index (Phi) is 5.54. The van der Waals surface area contributed by atoms with Gasteiger partial charge in [0.05, 0.1) is 6.26 Å². The summed E-state index contributed by atoms with van der Waals surface area (Å²) in [6, 6.07) is 13.0. The van der Waals surface area contributed by atoms with Crippen molar-refractivity contribution in [2.24, 2.45) is 0 Å². The van der Waals surface area contributed by atoms with Crippen molar-refractivity contribution in [3.8, 4) is 0 Å². The van der Waals surface area contributed by atoms with Crippen molar-refractivity contribution < 1.29 is 18.7 Å². The molecular weight excluding hydrogens is 344 g/mol. The second-order valence-electron chi connectivity index (χ2n) is 7.69. The van der Waals surface area contributed by atoms with Crippen LogP contribution in [-0.4, -0.2) is 41.6 Å². The van der Waals surface area contributed by atoms with Crippen molar-refractivity contribution in [3.05, 3.63) is 54.5 Å². The fourth-order valence-electron chi connectivity index (χ4n) is 3.23. The summed E-state index contributed by atoms with van der Waals surface area (Å²) in [5.41, 5.74) is 0.314. The molecule has 2 heterocycles. The predicted octanol–water partition coefficient (Wildman–Crippen LogP) is 4.33. The van der Waals surface area contributed by atoms with E-state index in [1.54, 1.807) is 21.9 Å². The Morgan fingerprint density at radius 1 is 1.07 bits per heavy atom. The molecule has 0 radical (unpaired) electrons. The van der Waals surface area contributed by atoms with Crippen molar-refractivity contribution in [1.82, 2.24) is 4.90 Å². The largest absolute Gasteiger partial charge is 0.459 e. The van der Waals surface area contributed by atoms with Crippen LogP contribution in [0.15, 0.2) is 53.1 Å². The smallest absolute Gasteiger partial charge is 0.410 e. The van der Waals surface area contributed by atoms with E-state index in [2.05, 4.69) is 0 Å². The molecule has 0 aliphatic carbocycles. The molecule has 1 aliphatic rings. The summed E-state index contributed by atoms with van der Waals surface area (Å²) in [6.07, 6.45) is 2.56. The first-order chi connectivity index (χ1) is 12.8. The minimum Gasteiger partial charge on any atom is -0.459 e. The quantitative estimate of drug-likeness (QED) is 0.807. The van der Waals surface area contributed by atoms with Crippen LogP contribution < -0.4 is 4.90 Å². The fourth-order valence-corrected chi connectivity index (χ4v) is 3.23. The van der Waals surface area contributed by atoms with Gasteiger partial charge in [0.1, 0.15) is 5.60 Å². The van der Waals surface area contributed by atoms with E-state index in [9.17, 15) is 9.59 Å². The van der Waals surface area contributed by atoms with E-state index in [4.69, 9.17) is 9.15 Å². The molecule has 0 unspecified atom stereocenters. The summed E-state index contributed by atoms with van der Waals surface area (Å²) in [5, 5.41) is 0. The number of piperidine rings is 1. The number of carbonyl (C=O) groups excluding carboxylic acids is 2. The van der Waals surface area contributed by atoms with E-state index in [1.165, 1.54) is 6.26 Å². The zero-order chi connectivity index (χ0) is 19.4. The number of likely N-dealkylation sites (tertiary alicyclic amines) is 1. The minimum atomic E-state index is -0.515. The number of hydrogen-bond donors (Lipinski definition) is 0. The number of carbonyl (C=O) groups is 2. The van der Waals surface area contributed by atoms with Gasteiger partial charge in [-0.25, -0.2) is 4.79 Å². The van der Waals surface area contributed by atoms with E-state index in [1.807, 2.05) is 51.1 Å². The molecule has 0 bridgehead atoms. The van der Waals surface area contributed by atoms with Gasteiger partial charge in [0.25, 0.3) is 5.91 Å². The van der Waals surface area contributed by atoms with Gasteiger partial charge in [-0.2, -0.15) is 0 Å². The van der Waals surface area contributed by atoms with Crippen LogP contribution in [0, 0.1) is 0 Å². The van der Waals surface area contributed by atoms with E-state index in [0.29, 0.717) is 31.7 Å². The Labute approximate surface area is 159 Å². The van der Waals surface area contributed by atoms with Crippen molar-refractivity contribution in [2.75, 3.05) is 18.0 Å². The van der Waals surface area contributed by atoms with Crippen LogP contribution in [0.25, 0.3) is 0 Å². The molecular formula is C21H26N2O4. The molecule has 1 aromatic carbocycles. The van der Waals surface area contributed by atoms with Crippen LogP contribution in [0.1, 0.15) is 44.2 Å². The first kappa shape index (κ1) is 19.0. The highest BCUT2D eigenvalue weighted by Gasteiger charge is 2.33. The third-order valence-electron chi connectivity index (χ3n) is 4.47. The summed E-state index contributed by atoms with van der Waals surface area (Å²) >= 11 is 0. The summed E-state index contributed by atoms with van der Waals surface area (Å²) < 4.78 is 10.8. The third-order valence-corrected chi connectivity index (χ3v) is 4.47. The molecule has 2 aromatic rings. The summed E-state index contributed by atoms with van der Waals surface area (Å²) in [4.78, 5) is 28.8. The Morgan fingerprint density at radius 3 is 2.30 bits per heavy atom. The number of hydrogen-bond acceptors (Lipinski definition) is 4. The van der Waals surface area contributed by atoms with E-state index in [-0.39, 0.29) is 18.0 Å². The maximum atomic E-state index is 13.0. The van der Waals surface area contributed by atoms with Crippen LogP contribution in [-0.2, 0) is 4.74 Å². The van der Waals surface area contributed by atoms with Crippen molar-refractivity contribution in [3.63, 3.8) is 0 Å². The van der Waals surface area contributed by atoms with Crippen LogP contribution in [0.2, 0.25) is 0 Å². The van der Waals surface area contributed by atoms with E-state index in [0.717, 1.165) is 5.69 Å². The van der Waals surface area contributed by atoms with E-state index >= 15 is 0 Å². The number of para-hydroxylation sites is 1. The first-order valence-corrected chi connectivity index (χ1v) is 9.25. The molecule has 0 atom stereocenters. The van der Waals surface area contributed by atoms with Crippen molar-refractivity contribution >= 4 is 17.7 Å². The molecule has 1 aromatic heterocycles. The standard InChI is InChI=1S/C21H26N2O4/c1-21(2,3)27-20(25)22-13-11-17(12-14-22)23(16-8-5-4-6-9-16)19(24)18-10-7-15-26-18/h4-10,15,17H,11-14H2,1-3H3. The van der Waals surface area contributed by atoms with Gasteiger partial charge in [0, 0.05) is 24.8 Å². The number of ether oxygens (including phenoxy) is 1. The molecule has 6 nitrogen and oxygen atoms in total.